The van der Waals surface area contributed by atoms with Crippen molar-refractivity contribution in [2.45, 2.75) is 70.6 Å². The standard InChI is InChI=1S/C19H29Cl/c1-3-5-6-16-9-13-18(14-10-16)19(20)17-11-7-15(4-2)8-12-17/h7-8,11-12,16,18-19H,3-6,9-10,13-14H2,1-2H3. The molecule has 1 unspecified atom stereocenters. The second-order valence-corrected chi connectivity index (χ2v) is 6.89. The van der Waals surface area contributed by atoms with Crippen molar-refractivity contribution in [1.29, 1.82) is 0 Å². The Labute approximate surface area is 129 Å². The molecule has 0 amide bonds. The van der Waals surface area contributed by atoms with Crippen molar-refractivity contribution in [2.75, 3.05) is 0 Å². The monoisotopic (exact) mass is 292 g/mol. The smallest absolute Gasteiger partial charge is 0.0613 e. The van der Waals surface area contributed by atoms with Crippen LogP contribution in [0.4, 0.5) is 0 Å². The molecule has 1 fully saturated rings. The van der Waals surface area contributed by atoms with E-state index in [-0.39, 0.29) is 5.38 Å². The maximum absolute atomic E-state index is 6.73. The van der Waals surface area contributed by atoms with Crippen LogP contribution in [0.5, 0.6) is 0 Å². The summed E-state index contributed by atoms with van der Waals surface area (Å²) in [4.78, 5) is 0. The third kappa shape index (κ3) is 4.25. The Bertz CT molecular complexity index is 373. The van der Waals surface area contributed by atoms with E-state index in [4.69, 9.17) is 11.6 Å². The van der Waals surface area contributed by atoms with Crippen LogP contribution in [0.2, 0.25) is 0 Å². The molecule has 2 rings (SSSR count). The van der Waals surface area contributed by atoms with E-state index in [2.05, 4.69) is 38.1 Å². The summed E-state index contributed by atoms with van der Waals surface area (Å²) in [7, 11) is 0. The zero-order valence-electron chi connectivity index (χ0n) is 13.1. The second-order valence-electron chi connectivity index (χ2n) is 6.42. The molecule has 0 N–H and O–H groups in total. The first-order valence-electron chi connectivity index (χ1n) is 8.47. The maximum atomic E-state index is 6.73. The molecule has 0 spiro atoms. The fraction of sp³-hybridized carbons (Fsp3) is 0.684. The molecule has 0 nitrogen and oxygen atoms in total. The fourth-order valence-electron chi connectivity index (χ4n) is 3.47. The van der Waals surface area contributed by atoms with Gasteiger partial charge < -0.3 is 0 Å². The van der Waals surface area contributed by atoms with Gasteiger partial charge in [-0.25, -0.2) is 0 Å². The van der Waals surface area contributed by atoms with Gasteiger partial charge in [0.25, 0.3) is 0 Å². The molecule has 1 aromatic rings. The number of aryl methyl sites for hydroxylation is 1. The Kier molecular flexibility index (Phi) is 6.42. The van der Waals surface area contributed by atoms with E-state index >= 15 is 0 Å². The summed E-state index contributed by atoms with van der Waals surface area (Å²) in [5, 5.41) is 0.216. The second kappa shape index (κ2) is 8.08. The van der Waals surface area contributed by atoms with Crippen LogP contribution in [0.25, 0.3) is 0 Å². The Morgan fingerprint density at radius 3 is 2.25 bits per heavy atom. The lowest BCUT2D eigenvalue weighted by Crippen LogP contribution is -2.18. The number of rotatable bonds is 6. The van der Waals surface area contributed by atoms with E-state index in [1.807, 2.05) is 0 Å². The van der Waals surface area contributed by atoms with E-state index in [0.717, 1.165) is 12.3 Å². The number of alkyl halides is 1. The van der Waals surface area contributed by atoms with Crippen LogP contribution in [-0.2, 0) is 6.42 Å². The third-order valence-corrected chi connectivity index (χ3v) is 5.59. The van der Waals surface area contributed by atoms with Gasteiger partial charge in [-0.3, -0.25) is 0 Å². The molecule has 0 aliphatic heterocycles. The molecule has 0 radical (unpaired) electrons. The molecule has 0 saturated heterocycles. The highest BCUT2D eigenvalue weighted by atomic mass is 35.5. The molecule has 0 bridgehead atoms. The van der Waals surface area contributed by atoms with Crippen molar-refractivity contribution < 1.29 is 0 Å². The van der Waals surface area contributed by atoms with Gasteiger partial charge in [0.2, 0.25) is 0 Å². The maximum Gasteiger partial charge on any atom is 0.0613 e. The molecule has 20 heavy (non-hydrogen) atoms. The predicted molar refractivity (Wildman–Crippen MR) is 89.4 cm³/mol. The van der Waals surface area contributed by atoms with Crippen LogP contribution < -0.4 is 0 Å². The highest BCUT2D eigenvalue weighted by Gasteiger charge is 2.27. The minimum atomic E-state index is 0.216. The average Bonchev–Trinajstić information content (AvgIpc) is 2.53. The summed E-state index contributed by atoms with van der Waals surface area (Å²) < 4.78 is 0. The van der Waals surface area contributed by atoms with Gasteiger partial charge in [-0.05, 0) is 42.2 Å². The van der Waals surface area contributed by atoms with Gasteiger partial charge in [0.15, 0.2) is 0 Å². The van der Waals surface area contributed by atoms with Gasteiger partial charge in [-0.2, -0.15) is 0 Å². The van der Waals surface area contributed by atoms with Gasteiger partial charge >= 0.3 is 0 Å². The Hall–Kier alpha value is -0.490. The highest BCUT2D eigenvalue weighted by molar-refractivity contribution is 6.21. The lowest BCUT2D eigenvalue weighted by molar-refractivity contribution is 0.254. The summed E-state index contributed by atoms with van der Waals surface area (Å²) >= 11 is 6.73. The largest absolute Gasteiger partial charge is 0.118 e. The van der Waals surface area contributed by atoms with Gasteiger partial charge in [-0.1, -0.05) is 70.2 Å². The van der Waals surface area contributed by atoms with E-state index < -0.39 is 0 Å². The van der Waals surface area contributed by atoms with Crippen molar-refractivity contribution in [3.05, 3.63) is 35.4 Å². The highest BCUT2D eigenvalue weighted by Crippen LogP contribution is 2.41. The number of unbranched alkanes of at least 4 members (excludes halogenated alkanes) is 1. The van der Waals surface area contributed by atoms with Crippen LogP contribution in [0.15, 0.2) is 24.3 Å². The minimum Gasteiger partial charge on any atom is -0.118 e. The molecule has 112 valence electrons. The van der Waals surface area contributed by atoms with Gasteiger partial charge in [0.1, 0.15) is 0 Å². The Morgan fingerprint density at radius 1 is 1.05 bits per heavy atom. The number of hydrogen-bond acceptors (Lipinski definition) is 0. The van der Waals surface area contributed by atoms with Crippen molar-refractivity contribution in [3.8, 4) is 0 Å². The van der Waals surface area contributed by atoms with E-state index in [1.54, 1.807) is 0 Å². The molecule has 0 aromatic heterocycles. The van der Waals surface area contributed by atoms with E-state index in [9.17, 15) is 0 Å². The van der Waals surface area contributed by atoms with Gasteiger partial charge in [-0.15, -0.1) is 11.6 Å². The van der Waals surface area contributed by atoms with Crippen molar-refractivity contribution in [2.24, 2.45) is 11.8 Å². The molecule has 1 heteroatoms. The first-order chi connectivity index (χ1) is 9.74. The molecular formula is C19H29Cl. The number of benzene rings is 1. The SMILES string of the molecule is CCCCC1CCC(C(Cl)c2ccc(CC)cc2)CC1. The first-order valence-corrected chi connectivity index (χ1v) is 8.91. The van der Waals surface area contributed by atoms with E-state index in [0.29, 0.717) is 5.92 Å². The summed E-state index contributed by atoms with van der Waals surface area (Å²) in [6, 6.07) is 8.94. The van der Waals surface area contributed by atoms with Gasteiger partial charge in [0, 0.05) is 0 Å². The molecule has 1 aliphatic rings. The predicted octanol–water partition coefficient (Wildman–Crippen LogP) is 6.53. The van der Waals surface area contributed by atoms with Gasteiger partial charge in [0.05, 0.1) is 5.38 Å². The number of halogens is 1. The summed E-state index contributed by atoms with van der Waals surface area (Å²) in [6.07, 6.45) is 10.7. The van der Waals surface area contributed by atoms with Crippen LogP contribution in [0.1, 0.15) is 75.3 Å². The van der Waals surface area contributed by atoms with Crippen LogP contribution in [0.3, 0.4) is 0 Å². The third-order valence-electron chi connectivity index (χ3n) is 4.98. The van der Waals surface area contributed by atoms with Crippen molar-refractivity contribution in [3.63, 3.8) is 0 Å². The molecule has 1 atom stereocenters. The zero-order valence-corrected chi connectivity index (χ0v) is 13.8. The molecular weight excluding hydrogens is 264 g/mol. The minimum absolute atomic E-state index is 0.216. The summed E-state index contributed by atoms with van der Waals surface area (Å²) in [5.74, 6) is 1.65. The summed E-state index contributed by atoms with van der Waals surface area (Å²) in [6.45, 7) is 4.49. The van der Waals surface area contributed by atoms with Crippen LogP contribution in [-0.4, -0.2) is 0 Å². The zero-order chi connectivity index (χ0) is 14.4. The number of hydrogen-bond donors (Lipinski definition) is 0. The lowest BCUT2D eigenvalue weighted by Gasteiger charge is -2.31. The molecule has 1 aliphatic carbocycles. The molecule has 0 heterocycles. The quantitative estimate of drug-likeness (QED) is 0.523. The lowest BCUT2D eigenvalue weighted by atomic mass is 9.77. The Morgan fingerprint density at radius 2 is 1.70 bits per heavy atom. The normalized spacial score (nSPS) is 24.6. The van der Waals surface area contributed by atoms with Crippen molar-refractivity contribution >= 4 is 11.6 Å². The topological polar surface area (TPSA) is 0 Å². The average molecular weight is 293 g/mol. The molecule has 1 saturated carbocycles. The van der Waals surface area contributed by atoms with Crippen LogP contribution >= 0.6 is 11.6 Å². The first kappa shape index (κ1) is 15.9. The molecule has 1 aromatic carbocycles. The van der Waals surface area contributed by atoms with Crippen molar-refractivity contribution in [1.82, 2.24) is 0 Å². The Balaban J connectivity index is 1.85. The van der Waals surface area contributed by atoms with E-state index in [1.165, 1.54) is 56.1 Å². The summed E-state index contributed by atoms with van der Waals surface area (Å²) in [5.41, 5.74) is 2.72. The fourth-order valence-corrected chi connectivity index (χ4v) is 3.87. The van der Waals surface area contributed by atoms with Crippen LogP contribution in [0, 0.1) is 11.8 Å².